The number of nitrogens with zero attached hydrogens (tertiary/aromatic N) is 3. The Hall–Kier alpha value is -2.08. The number of piperidine rings is 1. The topological polar surface area (TPSA) is 58.8 Å². The van der Waals surface area contributed by atoms with Crippen molar-refractivity contribution >= 4 is 23.0 Å². The monoisotopic (exact) mass is 327 g/mol. The molecule has 1 aromatic heterocycles. The van der Waals surface area contributed by atoms with Crippen LogP contribution in [0, 0.1) is 0 Å². The van der Waals surface area contributed by atoms with Crippen LogP contribution in [0.5, 0.6) is 0 Å². The van der Waals surface area contributed by atoms with Gasteiger partial charge in [-0.05, 0) is 37.8 Å². The van der Waals surface area contributed by atoms with Crippen molar-refractivity contribution < 1.29 is 13.9 Å². The van der Waals surface area contributed by atoms with Crippen LogP contribution in [0.1, 0.15) is 25.7 Å². The maximum atomic E-state index is 11.7. The van der Waals surface area contributed by atoms with Crippen molar-refractivity contribution in [1.29, 1.82) is 0 Å². The van der Waals surface area contributed by atoms with Crippen molar-refractivity contribution in [3.05, 3.63) is 24.3 Å². The quantitative estimate of drug-likeness (QED) is 0.803. The predicted molar refractivity (Wildman–Crippen MR) is 88.9 cm³/mol. The molecule has 3 saturated heterocycles. The predicted octanol–water partition coefficient (Wildman–Crippen LogP) is 2.19. The summed E-state index contributed by atoms with van der Waals surface area (Å²) >= 11 is 0. The fourth-order valence-corrected chi connectivity index (χ4v) is 4.72. The minimum atomic E-state index is -0.197. The van der Waals surface area contributed by atoms with Crippen LogP contribution < -0.4 is 4.90 Å². The van der Waals surface area contributed by atoms with Gasteiger partial charge in [0.25, 0.3) is 6.01 Å². The van der Waals surface area contributed by atoms with Crippen molar-refractivity contribution in [1.82, 2.24) is 9.88 Å². The molecule has 2 atom stereocenters. The van der Waals surface area contributed by atoms with Crippen LogP contribution in [0.4, 0.5) is 6.01 Å². The Morgan fingerprint density at radius 3 is 2.67 bits per heavy atom. The standard InChI is InChI=1S/C18H21N3O3/c1-20-11-18(23-10-16(20)22)8-12-6-7-13(9-18)21(12)17-19-14-4-2-3-5-15(14)24-17/h2-5,12-13H,6-11H2,1H3. The lowest BCUT2D eigenvalue weighted by atomic mass is 9.84. The molecular formula is C18H21N3O3. The Morgan fingerprint density at radius 1 is 1.21 bits per heavy atom. The van der Waals surface area contributed by atoms with Gasteiger partial charge in [0, 0.05) is 25.7 Å². The lowest BCUT2D eigenvalue weighted by Gasteiger charge is -2.49. The number of hydrogen-bond acceptors (Lipinski definition) is 5. The molecule has 0 aliphatic carbocycles. The number of aromatic nitrogens is 1. The lowest BCUT2D eigenvalue weighted by molar-refractivity contribution is -0.166. The molecule has 4 heterocycles. The maximum absolute atomic E-state index is 11.7. The Balaban J connectivity index is 1.44. The normalized spacial score (nSPS) is 33.0. The molecule has 3 fully saturated rings. The van der Waals surface area contributed by atoms with Crippen LogP contribution in [0.15, 0.2) is 28.7 Å². The number of carbonyl (C=O) groups is 1. The van der Waals surface area contributed by atoms with Gasteiger partial charge < -0.3 is 19.0 Å². The first-order chi connectivity index (χ1) is 11.6. The largest absolute Gasteiger partial charge is 0.423 e. The second-order valence-electron chi connectivity index (χ2n) is 7.39. The molecule has 5 rings (SSSR count). The number of carbonyl (C=O) groups excluding carboxylic acids is 1. The van der Waals surface area contributed by atoms with E-state index in [1.807, 2.05) is 36.2 Å². The van der Waals surface area contributed by atoms with Crippen molar-refractivity contribution in [3.8, 4) is 0 Å². The van der Waals surface area contributed by atoms with E-state index in [1.54, 1.807) is 0 Å². The second kappa shape index (κ2) is 4.96. The molecule has 6 heteroatoms. The molecule has 6 nitrogen and oxygen atoms in total. The smallest absolute Gasteiger partial charge is 0.298 e. The summed E-state index contributed by atoms with van der Waals surface area (Å²) in [7, 11) is 1.88. The van der Waals surface area contributed by atoms with Crippen LogP contribution in [0.2, 0.25) is 0 Å². The summed E-state index contributed by atoms with van der Waals surface area (Å²) in [5, 5.41) is 0. The van der Waals surface area contributed by atoms with E-state index in [1.165, 1.54) is 0 Å². The molecule has 126 valence electrons. The molecule has 1 amide bonds. The highest BCUT2D eigenvalue weighted by Crippen LogP contribution is 2.46. The van der Waals surface area contributed by atoms with Crippen LogP contribution in [0.3, 0.4) is 0 Å². The molecule has 3 aliphatic rings. The van der Waals surface area contributed by atoms with Gasteiger partial charge in [-0.2, -0.15) is 4.98 Å². The molecule has 0 radical (unpaired) electrons. The van der Waals surface area contributed by atoms with Crippen molar-refractivity contribution in [2.45, 2.75) is 43.4 Å². The number of para-hydroxylation sites is 2. The maximum Gasteiger partial charge on any atom is 0.298 e. The van der Waals surface area contributed by atoms with Crippen LogP contribution in [-0.2, 0) is 9.53 Å². The number of hydrogen-bond donors (Lipinski definition) is 0. The van der Waals surface area contributed by atoms with Gasteiger partial charge in [-0.3, -0.25) is 4.79 Å². The van der Waals surface area contributed by atoms with Gasteiger partial charge in [0.15, 0.2) is 5.58 Å². The fourth-order valence-electron chi connectivity index (χ4n) is 4.72. The Labute approximate surface area is 140 Å². The summed E-state index contributed by atoms with van der Waals surface area (Å²) in [6, 6.07) is 9.39. The van der Waals surface area contributed by atoms with Gasteiger partial charge in [-0.25, -0.2) is 0 Å². The summed E-state index contributed by atoms with van der Waals surface area (Å²) in [5.41, 5.74) is 1.55. The summed E-state index contributed by atoms with van der Waals surface area (Å²) < 4.78 is 12.1. The number of amides is 1. The zero-order valence-corrected chi connectivity index (χ0v) is 13.8. The molecule has 1 spiro atoms. The summed E-state index contributed by atoms with van der Waals surface area (Å²) in [6.07, 6.45) is 4.12. The first-order valence-corrected chi connectivity index (χ1v) is 8.65. The number of anilines is 1. The van der Waals surface area contributed by atoms with Crippen LogP contribution in [-0.4, -0.2) is 53.7 Å². The summed E-state index contributed by atoms with van der Waals surface area (Å²) in [6.45, 7) is 0.902. The zero-order valence-electron chi connectivity index (χ0n) is 13.8. The van der Waals surface area contributed by atoms with Gasteiger partial charge in [-0.15, -0.1) is 0 Å². The highest BCUT2D eigenvalue weighted by molar-refractivity contribution is 5.78. The number of ether oxygens (including phenoxy) is 1. The molecule has 2 aromatic rings. The number of likely N-dealkylation sites (N-methyl/N-ethyl adjacent to an activating group) is 1. The van der Waals surface area contributed by atoms with E-state index in [4.69, 9.17) is 14.1 Å². The highest BCUT2D eigenvalue weighted by atomic mass is 16.5. The molecule has 1 aromatic carbocycles. The van der Waals surface area contributed by atoms with Gasteiger partial charge in [0.2, 0.25) is 5.91 Å². The molecule has 3 aliphatic heterocycles. The summed E-state index contributed by atoms with van der Waals surface area (Å²) in [5.74, 6) is 0.0781. The number of oxazole rings is 1. The summed E-state index contributed by atoms with van der Waals surface area (Å²) in [4.78, 5) is 20.6. The number of morpholine rings is 1. The van der Waals surface area contributed by atoms with Gasteiger partial charge in [-0.1, -0.05) is 12.1 Å². The minimum absolute atomic E-state index is 0.0781. The first-order valence-electron chi connectivity index (χ1n) is 8.65. The number of benzene rings is 1. The van der Waals surface area contributed by atoms with E-state index < -0.39 is 0 Å². The third-order valence-corrected chi connectivity index (χ3v) is 5.79. The molecule has 24 heavy (non-hydrogen) atoms. The van der Waals surface area contributed by atoms with E-state index >= 15 is 0 Å². The van der Waals surface area contributed by atoms with Crippen LogP contribution >= 0.6 is 0 Å². The molecule has 2 bridgehead atoms. The lowest BCUT2D eigenvalue weighted by Crippen LogP contribution is -2.60. The second-order valence-corrected chi connectivity index (χ2v) is 7.39. The Bertz CT molecular complexity index is 755. The van der Waals surface area contributed by atoms with Gasteiger partial charge in [0.05, 0.1) is 5.60 Å². The number of rotatable bonds is 1. The number of fused-ring (bicyclic) bond motifs is 3. The van der Waals surface area contributed by atoms with Crippen molar-refractivity contribution in [2.24, 2.45) is 0 Å². The average Bonchev–Trinajstić information content (AvgIpc) is 3.10. The molecule has 0 saturated carbocycles. The Kier molecular flexibility index (Phi) is 2.95. The van der Waals surface area contributed by atoms with E-state index in [0.29, 0.717) is 18.6 Å². The SMILES string of the molecule is CN1CC2(CC3CCC(C2)N3c2nc3ccccc3o2)OCC1=O. The first kappa shape index (κ1) is 14.3. The van der Waals surface area contributed by atoms with E-state index in [9.17, 15) is 4.79 Å². The molecule has 2 unspecified atom stereocenters. The third kappa shape index (κ3) is 2.05. The minimum Gasteiger partial charge on any atom is -0.423 e. The average molecular weight is 327 g/mol. The zero-order chi connectivity index (χ0) is 16.3. The Morgan fingerprint density at radius 2 is 1.96 bits per heavy atom. The van der Waals surface area contributed by atoms with E-state index in [2.05, 4.69) is 4.90 Å². The van der Waals surface area contributed by atoms with E-state index in [-0.39, 0.29) is 18.1 Å². The van der Waals surface area contributed by atoms with Crippen molar-refractivity contribution in [3.63, 3.8) is 0 Å². The highest BCUT2D eigenvalue weighted by Gasteiger charge is 2.52. The van der Waals surface area contributed by atoms with E-state index in [0.717, 1.165) is 42.8 Å². The van der Waals surface area contributed by atoms with Crippen LogP contribution in [0.25, 0.3) is 11.1 Å². The molecule has 0 N–H and O–H groups in total. The van der Waals surface area contributed by atoms with Gasteiger partial charge in [0.1, 0.15) is 12.1 Å². The van der Waals surface area contributed by atoms with Gasteiger partial charge >= 0.3 is 0 Å². The third-order valence-electron chi connectivity index (χ3n) is 5.79. The fraction of sp³-hybridized carbons (Fsp3) is 0.556. The van der Waals surface area contributed by atoms with Crippen molar-refractivity contribution in [2.75, 3.05) is 25.1 Å². The molecular weight excluding hydrogens is 306 g/mol.